The van der Waals surface area contributed by atoms with E-state index in [9.17, 15) is 14.4 Å². The number of pyridine rings is 2. The molecular formula is C40H48N2O6. The third kappa shape index (κ3) is 5.44. The summed E-state index contributed by atoms with van der Waals surface area (Å²) in [4.78, 5) is 47.8. The molecule has 3 heterocycles. The number of carbonyl (C=O) groups is 3. The second-order valence-electron chi connectivity index (χ2n) is 16.2. The molecule has 4 aliphatic carbocycles. The minimum absolute atomic E-state index is 0.00273. The second-order valence-corrected chi connectivity index (χ2v) is 16.2. The van der Waals surface area contributed by atoms with Crippen molar-refractivity contribution in [2.24, 2.45) is 40.4 Å². The molecule has 0 aromatic carbocycles. The monoisotopic (exact) mass is 652 g/mol. The summed E-state index contributed by atoms with van der Waals surface area (Å²) in [5.41, 5.74) is 0.975. The molecule has 0 spiro atoms. The maximum Gasteiger partial charge on any atom is 0.339 e. The van der Waals surface area contributed by atoms with Crippen LogP contribution in [0.2, 0.25) is 0 Å². The molecule has 48 heavy (non-hydrogen) atoms. The Hall–Kier alpha value is -3.65. The first kappa shape index (κ1) is 32.9. The van der Waals surface area contributed by atoms with Crippen LogP contribution < -0.4 is 0 Å². The summed E-state index contributed by atoms with van der Waals surface area (Å²) in [7, 11) is 0. The van der Waals surface area contributed by atoms with Gasteiger partial charge < -0.3 is 14.2 Å². The lowest BCUT2D eigenvalue weighted by Gasteiger charge is -2.59. The standard InChI is InChI=1S/C40H48N2O6/c1-24(33(21-40(6)37(2,3)48-40)47-36(45)26-10-8-18-42-23-26)29-11-12-30-34-31(14-16-39(29,30)5)38(4)15-13-28(43)19-27(38)20-32(34)46-35(44)25-9-7-17-41-22-25/h7-10,13,15,17-19,22-24,29-34H,11-12,14,16,20-21H2,1-6H3/t24-,29+,30-,31-,32+,33+,34-,38-,39+,40-/m0/s1. The van der Waals surface area contributed by atoms with E-state index in [0.717, 1.165) is 31.3 Å². The number of aromatic nitrogens is 2. The lowest BCUT2D eigenvalue weighted by Crippen LogP contribution is -2.56. The van der Waals surface area contributed by atoms with Gasteiger partial charge in [-0.25, -0.2) is 9.59 Å². The SMILES string of the molecule is C[C@@H]([C@H]1CC[C@H]2[C@@H]3[C@H](OC(=O)c4cccnc4)CC4=CC(=O)C=C[C@]4(C)[C@H]3CC[C@]12C)[C@@H](C[C@]1(C)OC1(C)C)OC(=O)c1cccnc1. The van der Waals surface area contributed by atoms with Crippen LogP contribution in [0.1, 0.15) is 101 Å². The zero-order valence-corrected chi connectivity index (χ0v) is 29.0. The van der Waals surface area contributed by atoms with Gasteiger partial charge >= 0.3 is 11.9 Å². The molecule has 4 fully saturated rings. The summed E-state index contributed by atoms with van der Waals surface area (Å²) in [6.07, 6.45) is 16.5. The van der Waals surface area contributed by atoms with Crippen molar-refractivity contribution in [1.82, 2.24) is 9.97 Å². The molecule has 1 aliphatic heterocycles. The maximum atomic E-state index is 13.5. The van der Waals surface area contributed by atoms with Gasteiger partial charge in [0.05, 0.1) is 22.3 Å². The first-order chi connectivity index (χ1) is 22.8. The van der Waals surface area contributed by atoms with Gasteiger partial charge in [0.1, 0.15) is 12.2 Å². The zero-order chi connectivity index (χ0) is 34.1. The molecule has 0 amide bonds. The van der Waals surface area contributed by atoms with Crippen molar-refractivity contribution in [3.63, 3.8) is 0 Å². The fourth-order valence-corrected chi connectivity index (χ4v) is 10.3. The van der Waals surface area contributed by atoms with E-state index < -0.39 is 0 Å². The van der Waals surface area contributed by atoms with Gasteiger partial charge in [0.15, 0.2) is 5.78 Å². The predicted octanol–water partition coefficient (Wildman–Crippen LogP) is 7.36. The molecule has 3 saturated carbocycles. The van der Waals surface area contributed by atoms with Gasteiger partial charge in [0.2, 0.25) is 0 Å². The van der Waals surface area contributed by atoms with Crippen LogP contribution in [0.15, 0.2) is 72.9 Å². The van der Waals surface area contributed by atoms with Gasteiger partial charge in [-0.1, -0.05) is 32.4 Å². The van der Waals surface area contributed by atoms with E-state index >= 15 is 0 Å². The van der Waals surface area contributed by atoms with E-state index in [1.807, 2.05) is 0 Å². The Morgan fingerprint density at radius 3 is 2.25 bits per heavy atom. The fourth-order valence-electron chi connectivity index (χ4n) is 10.3. The summed E-state index contributed by atoms with van der Waals surface area (Å²) in [5, 5.41) is 0. The van der Waals surface area contributed by atoms with Crippen LogP contribution >= 0.6 is 0 Å². The number of ether oxygens (including phenoxy) is 3. The van der Waals surface area contributed by atoms with E-state index in [-0.39, 0.29) is 69.7 Å². The quantitative estimate of drug-likeness (QED) is 0.215. The lowest BCUT2D eigenvalue weighted by atomic mass is 9.46. The number of esters is 2. The fraction of sp³-hybridized carbons (Fsp3) is 0.575. The summed E-state index contributed by atoms with van der Waals surface area (Å²) in [6.45, 7) is 13.3. The molecule has 2 aromatic heterocycles. The smallest absolute Gasteiger partial charge is 0.339 e. The highest BCUT2D eigenvalue weighted by molar-refractivity contribution is 6.01. The van der Waals surface area contributed by atoms with Crippen LogP contribution in [0, 0.1) is 40.4 Å². The van der Waals surface area contributed by atoms with Crippen LogP contribution in [-0.2, 0) is 19.0 Å². The van der Waals surface area contributed by atoms with E-state index in [1.165, 1.54) is 0 Å². The number of allylic oxidation sites excluding steroid dienone is 3. The van der Waals surface area contributed by atoms with Gasteiger partial charge in [-0.15, -0.1) is 0 Å². The number of hydrogen-bond acceptors (Lipinski definition) is 8. The molecule has 1 saturated heterocycles. The van der Waals surface area contributed by atoms with Crippen molar-refractivity contribution in [2.45, 2.75) is 103 Å². The number of fused-ring (bicyclic) bond motifs is 5. The van der Waals surface area contributed by atoms with E-state index in [2.05, 4.69) is 57.6 Å². The summed E-state index contributed by atoms with van der Waals surface area (Å²) in [5.74, 6) is 0.310. The average Bonchev–Trinajstić information content (AvgIpc) is 3.37. The minimum atomic E-state index is -0.380. The van der Waals surface area contributed by atoms with Crippen molar-refractivity contribution >= 4 is 17.7 Å². The Kier molecular flexibility index (Phi) is 8.05. The zero-order valence-electron chi connectivity index (χ0n) is 29.0. The Balaban J connectivity index is 1.19. The van der Waals surface area contributed by atoms with Crippen LogP contribution in [0.25, 0.3) is 0 Å². The molecule has 7 rings (SSSR count). The molecule has 5 aliphatic rings. The number of rotatable bonds is 8. The normalized spacial score (nSPS) is 37.2. The highest BCUT2D eigenvalue weighted by atomic mass is 16.6. The summed E-state index contributed by atoms with van der Waals surface area (Å²) < 4.78 is 19.0. The lowest BCUT2D eigenvalue weighted by molar-refractivity contribution is -0.115. The number of hydrogen-bond donors (Lipinski definition) is 0. The molecular weight excluding hydrogens is 604 g/mol. The Labute approximate surface area is 283 Å². The van der Waals surface area contributed by atoms with Crippen molar-refractivity contribution in [1.29, 1.82) is 0 Å². The largest absolute Gasteiger partial charge is 0.458 e. The van der Waals surface area contributed by atoms with Crippen LogP contribution in [0.4, 0.5) is 0 Å². The number of ketones is 1. The second kappa shape index (κ2) is 11.7. The molecule has 8 heteroatoms. The topological polar surface area (TPSA) is 108 Å². The van der Waals surface area contributed by atoms with E-state index in [0.29, 0.717) is 35.8 Å². The van der Waals surface area contributed by atoms with Crippen molar-refractivity contribution in [2.75, 3.05) is 0 Å². The van der Waals surface area contributed by atoms with Crippen molar-refractivity contribution < 1.29 is 28.6 Å². The predicted molar refractivity (Wildman–Crippen MR) is 180 cm³/mol. The third-order valence-electron chi connectivity index (χ3n) is 13.5. The van der Waals surface area contributed by atoms with Crippen LogP contribution in [0.5, 0.6) is 0 Å². The molecule has 10 atom stereocenters. The van der Waals surface area contributed by atoms with Crippen molar-refractivity contribution in [3.05, 3.63) is 84.0 Å². The molecule has 0 unspecified atom stereocenters. The molecule has 0 N–H and O–H groups in total. The first-order valence-corrected chi connectivity index (χ1v) is 17.6. The molecule has 8 nitrogen and oxygen atoms in total. The summed E-state index contributed by atoms with van der Waals surface area (Å²) in [6, 6.07) is 6.99. The highest BCUT2D eigenvalue weighted by Crippen LogP contribution is 2.68. The highest BCUT2D eigenvalue weighted by Gasteiger charge is 2.65. The molecule has 0 bridgehead atoms. The Morgan fingerprint density at radius 2 is 1.62 bits per heavy atom. The van der Waals surface area contributed by atoms with E-state index in [1.54, 1.807) is 61.2 Å². The maximum absolute atomic E-state index is 13.5. The van der Waals surface area contributed by atoms with E-state index in [4.69, 9.17) is 14.2 Å². The van der Waals surface area contributed by atoms with Gasteiger partial charge in [-0.2, -0.15) is 0 Å². The third-order valence-corrected chi connectivity index (χ3v) is 13.5. The Bertz CT molecular complexity index is 1650. The molecule has 2 aromatic rings. The molecule has 254 valence electrons. The number of epoxide rings is 1. The van der Waals surface area contributed by atoms with Gasteiger partial charge in [0.25, 0.3) is 0 Å². The molecule has 0 radical (unpaired) electrons. The Morgan fingerprint density at radius 1 is 0.958 bits per heavy atom. The van der Waals surface area contributed by atoms with Gasteiger partial charge in [-0.05, 0) is 112 Å². The minimum Gasteiger partial charge on any atom is -0.458 e. The number of carbonyl (C=O) groups excluding carboxylic acids is 3. The summed E-state index contributed by atoms with van der Waals surface area (Å²) >= 11 is 0. The van der Waals surface area contributed by atoms with Crippen LogP contribution in [-0.4, -0.2) is 51.1 Å². The van der Waals surface area contributed by atoms with Crippen molar-refractivity contribution in [3.8, 4) is 0 Å². The van der Waals surface area contributed by atoms with Crippen LogP contribution in [0.3, 0.4) is 0 Å². The number of nitrogens with zero attached hydrogens (tertiary/aromatic N) is 2. The average molecular weight is 653 g/mol. The van der Waals surface area contributed by atoms with Gasteiger partial charge in [-0.3, -0.25) is 14.8 Å². The first-order valence-electron chi connectivity index (χ1n) is 17.6. The van der Waals surface area contributed by atoms with Gasteiger partial charge in [0, 0.05) is 49.0 Å².